The molecule has 2 heterocycles. The van der Waals surface area contributed by atoms with E-state index in [4.69, 9.17) is 4.74 Å². The number of nitrogens with zero attached hydrogens (tertiary/aromatic N) is 2. The van der Waals surface area contributed by atoms with E-state index in [-0.39, 0.29) is 6.61 Å². The number of cyclic esters (lactones) is 1. The Morgan fingerprint density at radius 1 is 1.33 bits per heavy atom. The van der Waals surface area contributed by atoms with Gasteiger partial charge in [0.1, 0.15) is 12.6 Å². The summed E-state index contributed by atoms with van der Waals surface area (Å²) in [5.74, 6) is -0.395. The summed E-state index contributed by atoms with van der Waals surface area (Å²) in [5, 5.41) is 0. The Bertz CT molecular complexity index is 771. The van der Waals surface area contributed by atoms with Crippen molar-refractivity contribution in [2.24, 2.45) is 0 Å². The molecule has 0 spiro atoms. The van der Waals surface area contributed by atoms with Crippen molar-refractivity contribution in [3.63, 3.8) is 0 Å². The Balaban J connectivity index is 1.79. The number of carbonyl (C=O) groups is 2. The van der Waals surface area contributed by atoms with Gasteiger partial charge in [-0.25, -0.2) is 9.69 Å². The molecule has 1 unspecified atom stereocenters. The van der Waals surface area contributed by atoms with E-state index in [1.165, 1.54) is 6.08 Å². The minimum atomic E-state index is -0.612. The van der Waals surface area contributed by atoms with Gasteiger partial charge in [-0.1, -0.05) is 37.3 Å². The molecule has 5 heteroatoms. The summed E-state index contributed by atoms with van der Waals surface area (Å²) in [6.45, 7) is 2.22. The van der Waals surface area contributed by atoms with Crippen LogP contribution >= 0.6 is 0 Å². The molecule has 1 fully saturated rings. The normalized spacial score (nSPS) is 17.3. The summed E-state index contributed by atoms with van der Waals surface area (Å²) < 4.78 is 5.06. The zero-order chi connectivity index (χ0) is 16.9. The van der Waals surface area contributed by atoms with E-state index in [0.717, 1.165) is 28.0 Å². The van der Waals surface area contributed by atoms with Crippen molar-refractivity contribution in [1.29, 1.82) is 0 Å². The van der Waals surface area contributed by atoms with E-state index in [1.54, 1.807) is 18.5 Å². The topological polar surface area (TPSA) is 59.5 Å². The molecule has 0 N–H and O–H groups in total. The molecule has 0 aliphatic carbocycles. The lowest BCUT2D eigenvalue weighted by Crippen LogP contribution is -2.32. The molecule has 2 aromatic rings. The largest absolute Gasteiger partial charge is 0.446 e. The number of benzene rings is 1. The van der Waals surface area contributed by atoms with Gasteiger partial charge in [-0.3, -0.25) is 9.78 Å². The highest BCUT2D eigenvalue weighted by Gasteiger charge is 2.37. The first-order valence-electron chi connectivity index (χ1n) is 7.86. The number of hydrogen-bond acceptors (Lipinski definition) is 4. The van der Waals surface area contributed by atoms with E-state index in [2.05, 4.69) is 4.98 Å². The number of carbonyl (C=O) groups excluding carboxylic acids is 2. The van der Waals surface area contributed by atoms with Crippen LogP contribution in [-0.4, -0.2) is 28.5 Å². The molecular formula is C19H18N2O3. The molecule has 0 bridgehead atoms. The highest BCUT2D eigenvalue weighted by Crippen LogP contribution is 2.27. The first-order valence-corrected chi connectivity index (χ1v) is 7.86. The molecule has 1 saturated heterocycles. The molecule has 1 atom stereocenters. The minimum absolute atomic E-state index is 0.176. The second kappa shape index (κ2) is 7.08. The van der Waals surface area contributed by atoms with Gasteiger partial charge in [0.2, 0.25) is 0 Å². The van der Waals surface area contributed by atoms with Crippen molar-refractivity contribution < 1.29 is 14.3 Å². The summed E-state index contributed by atoms with van der Waals surface area (Å²) in [6.07, 6.45) is 6.79. The molecule has 1 aromatic heterocycles. The van der Waals surface area contributed by atoms with Crippen LogP contribution in [0.15, 0.2) is 54.9 Å². The summed E-state index contributed by atoms with van der Waals surface area (Å²) in [5.41, 5.74) is 2.79. The van der Waals surface area contributed by atoms with E-state index < -0.39 is 18.0 Å². The number of hydrogen-bond donors (Lipinski definition) is 0. The van der Waals surface area contributed by atoms with Gasteiger partial charge >= 0.3 is 6.09 Å². The Morgan fingerprint density at radius 3 is 2.88 bits per heavy atom. The van der Waals surface area contributed by atoms with Crippen LogP contribution in [0.3, 0.4) is 0 Å². The Kier molecular flexibility index (Phi) is 4.70. The van der Waals surface area contributed by atoms with E-state index in [1.807, 2.05) is 43.3 Å². The average Bonchev–Trinajstić information content (AvgIpc) is 3.02. The molecule has 1 aliphatic rings. The zero-order valence-electron chi connectivity index (χ0n) is 13.4. The second-order valence-electron chi connectivity index (χ2n) is 5.53. The van der Waals surface area contributed by atoms with Crippen molar-refractivity contribution in [3.8, 4) is 0 Å². The number of ether oxygens (including phenoxy) is 1. The maximum atomic E-state index is 12.5. The number of aromatic nitrogens is 1. The van der Waals surface area contributed by atoms with Gasteiger partial charge in [0.15, 0.2) is 0 Å². The van der Waals surface area contributed by atoms with Crippen LogP contribution in [0.25, 0.3) is 6.08 Å². The van der Waals surface area contributed by atoms with Gasteiger partial charge in [0.25, 0.3) is 5.91 Å². The molecular weight excluding hydrogens is 304 g/mol. The van der Waals surface area contributed by atoms with Crippen LogP contribution in [-0.2, 0) is 16.0 Å². The number of rotatable bonds is 4. The summed E-state index contributed by atoms with van der Waals surface area (Å²) in [7, 11) is 0. The molecule has 2 amide bonds. The average molecular weight is 322 g/mol. The van der Waals surface area contributed by atoms with Crippen molar-refractivity contribution in [1.82, 2.24) is 9.88 Å². The van der Waals surface area contributed by atoms with Gasteiger partial charge in [-0.15, -0.1) is 0 Å². The lowest BCUT2D eigenvalue weighted by Gasteiger charge is -2.18. The van der Waals surface area contributed by atoms with E-state index >= 15 is 0 Å². The van der Waals surface area contributed by atoms with Crippen molar-refractivity contribution in [2.75, 3.05) is 6.61 Å². The predicted molar refractivity (Wildman–Crippen MR) is 90.0 cm³/mol. The molecule has 0 saturated carbocycles. The smallest absolute Gasteiger partial charge is 0.417 e. The maximum absolute atomic E-state index is 12.5. The summed E-state index contributed by atoms with van der Waals surface area (Å²) in [6, 6.07) is 11.0. The monoisotopic (exact) mass is 322 g/mol. The zero-order valence-corrected chi connectivity index (χ0v) is 13.4. The van der Waals surface area contributed by atoms with Crippen LogP contribution in [0.2, 0.25) is 0 Å². The highest BCUT2D eigenvalue weighted by atomic mass is 16.6. The van der Waals surface area contributed by atoms with E-state index in [0.29, 0.717) is 0 Å². The lowest BCUT2D eigenvalue weighted by atomic mass is 10.1. The molecule has 3 rings (SSSR count). The maximum Gasteiger partial charge on any atom is 0.417 e. The molecule has 5 nitrogen and oxygen atoms in total. The van der Waals surface area contributed by atoms with Gasteiger partial charge < -0.3 is 4.74 Å². The van der Waals surface area contributed by atoms with Gasteiger partial charge in [-0.2, -0.15) is 0 Å². The number of aryl methyl sites for hydroxylation is 1. The Labute approximate surface area is 140 Å². The second-order valence-corrected chi connectivity index (χ2v) is 5.53. The fraction of sp³-hybridized carbons (Fsp3) is 0.211. The first kappa shape index (κ1) is 15.9. The molecule has 122 valence electrons. The fourth-order valence-electron chi connectivity index (χ4n) is 2.63. The summed E-state index contributed by atoms with van der Waals surface area (Å²) >= 11 is 0. The highest BCUT2D eigenvalue weighted by molar-refractivity contribution is 6.02. The summed E-state index contributed by atoms with van der Waals surface area (Å²) in [4.78, 5) is 29.7. The van der Waals surface area contributed by atoms with Gasteiger partial charge in [0, 0.05) is 18.5 Å². The quantitative estimate of drug-likeness (QED) is 0.810. The Hall–Kier alpha value is -2.95. The molecule has 24 heavy (non-hydrogen) atoms. The lowest BCUT2D eigenvalue weighted by molar-refractivity contribution is -0.124. The Morgan fingerprint density at radius 2 is 2.12 bits per heavy atom. The van der Waals surface area contributed by atoms with Gasteiger partial charge in [0.05, 0.1) is 0 Å². The van der Waals surface area contributed by atoms with Crippen LogP contribution in [0.4, 0.5) is 4.79 Å². The fourth-order valence-corrected chi connectivity index (χ4v) is 2.63. The number of imide groups is 1. The van der Waals surface area contributed by atoms with Crippen molar-refractivity contribution in [2.45, 2.75) is 19.4 Å². The SMILES string of the molecule is CCc1cncc(/C=C/C(=O)N2C(=O)OCC2c2ccccc2)c1. The minimum Gasteiger partial charge on any atom is -0.446 e. The van der Waals surface area contributed by atoms with Crippen molar-refractivity contribution >= 4 is 18.1 Å². The third kappa shape index (κ3) is 3.35. The van der Waals surface area contributed by atoms with Crippen LogP contribution in [0.5, 0.6) is 0 Å². The standard InChI is InChI=1S/C19H18N2O3/c1-2-14-10-15(12-20-11-14)8-9-18(22)21-17(13-24-19(21)23)16-6-4-3-5-7-16/h3-12,17H,2,13H2,1H3/b9-8+. The number of pyridine rings is 1. The molecule has 0 radical (unpaired) electrons. The van der Waals surface area contributed by atoms with E-state index in [9.17, 15) is 9.59 Å². The van der Waals surface area contributed by atoms with Crippen LogP contribution < -0.4 is 0 Å². The third-order valence-corrected chi connectivity index (χ3v) is 3.94. The number of amides is 2. The molecule has 1 aliphatic heterocycles. The van der Waals surface area contributed by atoms with Gasteiger partial charge in [-0.05, 0) is 35.3 Å². The molecule has 1 aromatic carbocycles. The third-order valence-electron chi connectivity index (χ3n) is 3.94. The van der Waals surface area contributed by atoms with Crippen molar-refractivity contribution in [3.05, 3.63) is 71.6 Å². The first-order chi connectivity index (χ1) is 11.7. The van der Waals surface area contributed by atoms with Crippen LogP contribution in [0.1, 0.15) is 29.7 Å². The predicted octanol–water partition coefficient (Wildman–Crippen LogP) is 3.38. The van der Waals surface area contributed by atoms with Crippen LogP contribution in [0, 0.1) is 0 Å².